The van der Waals surface area contributed by atoms with Crippen molar-refractivity contribution in [1.82, 2.24) is 0 Å². The van der Waals surface area contributed by atoms with Crippen molar-refractivity contribution in [2.45, 2.75) is 6.92 Å². The monoisotopic (exact) mass is 307 g/mol. The topological polar surface area (TPSA) is 69.4 Å². The van der Waals surface area contributed by atoms with Crippen molar-refractivity contribution in [3.63, 3.8) is 0 Å². The summed E-state index contributed by atoms with van der Waals surface area (Å²) in [5, 5.41) is 10.8. The van der Waals surface area contributed by atoms with E-state index < -0.39 is 10.9 Å². The minimum atomic E-state index is -0.678. The highest BCUT2D eigenvalue weighted by atomic mass is 79.9. The Hall–Kier alpha value is -1.14. The van der Waals surface area contributed by atoms with Gasteiger partial charge in [0.25, 0.3) is 5.69 Å². The second-order valence-electron chi connectivity index (χ2n) is 2.76. The first-order chi connectivity index (χ1) is 7.47. The molecule has 1 rings (SSSR count). The van der Waals surface area contributed by atoms with Gasteiger partial charge in [0.05, 0.1) is 26.6 Å². The molecular formula is C9H7BrClNO4. The molecule has 0 heterocycles. The third kappa shape index (κ3) is 2.70. The Kier molecular flexibility index (Phi) is 4.26. The van der Waals surface area contributed by atoms with E-state index in [1.807, 2.05) is 0 Å². The zero-order valence-electron chi connectivity index (χ0n) is 8.20. The van der Waals surface area contributed by atoms with Crippen LogP contribution in [0.1, 0.15) is 17.3 Å². The predicted molar refractivity (Wildman–Crippen MR) is 61.8 cm³/mol. The minimum Gasteiger partial charge on any atom is -0.462 e. The Labute approximate surface area is 105 Å². The van der Waals surface area contributed by atoms with Gasteiger partial charge in [-0.25, -0.2) is 4.79 Å². The van der Waals surface area contributed by atoms with Gasteiger partial charge in [-0.15, -0.1) is 0 Å². The molecule has 16 heavy (non-hydrogen) atoms. The third-order valence-electron chi connectivity index (χ3n) is 1.73. The molecule has 0 saturated heterocycles. The molecule has 0 aliphatic rings. The van der Waals surface area contributed by atoms with E-state index in [4.69, 9.17) is 16.3 Å². The van der Waals surface area contributed by atoms with Crippen LogP contribution in [0.5, 0.6) is 0 Å². The molecule has 0 bridgehead atoms. The van der Waals surface area contributed by atoms with E-state index in [1.165, 1.54) is 6.07 Å². The van der Waals surface area contributed by atoms with Crippen molar-refractivity contribution >= 4 is 39.2 Å². The van der Waals surface area contributed by atoms with Gasteiger partial charge in [0, 0.05) is 6.07 Å². The maximum atomic E-state index is 11.4. The number of halogens is 2. The average Bonchev–Trinajstić information content (AvgIpc) is 2.17. The molecule has 0 saturated carbocycles. The highest BCUT2D eigenvalue weighted by Crippen LogP contribution is 2.31. The molecule has 0 amide bonds. The molecule has 1 aromatic rings. The molecule has 7 heteroatoms. The van der Waals surface area contributed by atoms with Crippen LogP contribution in [0.15, 0.2) is 16.6 Å². The van der Waals surface area contributed by atoms with Gasteiger partial charge in [-0.3, -0.25) is 10.1 Å². The number of esters is 1. The fourth-order valence-corrected chi connectivity index (χ4v) is 1.90. The van der Waals surface area contributed by atoms with Gasteiger partial charge in [-0.2, -0.15) is 0 Å². The highest BCUT2D eigenvalue weighted by molar-refractivity contribution is 9.10. The van der Waals surface area contributed by atoms with Crippen LogP contribution in [0, 0.1) is 10.1 Å². The molecule has 0 unspecified atom stereocenters. The van der Waals surface area contributed by atoms with Crippen LogP contribution < -0.4 is 0 Å². The van der Waals surface area contributed by atoms with Crippen molar-refractivity contribution in [3.05, 3.63) is 37.3 Å². The summed E-state index contributed by atoms with van der Waals surface area (Å²) in [4.78, 5) is 21.4. The number of hydrogen-bond acceptors (Lipinski definition) is 4. The molecule has 5 nitrogen and oxygen atoms in total. The lowest BCUT2D eigenvalue weighted by molar-refractivity contribution is -0.385. The maximum absolute atomic E-state index is 11.4. The first-order valence-corrected chi connectivity index (χ1v) is 5.45. The van der Waals surface area contributed by atoms with Crippen LogP contribution in [0.2, 0.25) is 5.02 Å². The van der Waals surface area contributed by atoms with Gasteiger partial charge < -0.3 is 4.74 Å². The smallest absolute Gasteiger partial charge is 0.339 e. The summed E-state index contributed by atoms with van der Waals surface area (Å²) < 4.78 is 4.94. The summed E-state index contributed by atoms with van der Waals surface area (Å²) in [6.45, 7) is 1.82. The van der Waals surface area contributed by atoms with Crippen molar-refractivity contribution in [2.24, 2.45) is 0 Å². The van der Waals surface area contributed by atoms with Crippen LogP contribution >= 0.6 is 27.5 Å². The van der Waals surface area contributed by atoms with E-state index >= 15 is 0 Å². The van der Waals surface area contributed by atoms with Gasteiger partial charge in [-0.1, -0.05) is 11.6 Å². The number of carbonyl (C=O) groups is 1. The lowest BCUT2D eigenvalue weighted by Crippen LogP contribution is -2.06. The fraction of sp³-hybridized carbons (Fsp3) is 0.222. The predicted octanol–water partition coefficient (Wildman–Crippen LogP) is 3.19. The highest BCUT2D eigenvalue weighted by Gasteiger charge is 2.20. The molecule has 0 aliphatic carbocycles. The van der Waals surface area contributed by atoms with E-state index in [-0.39, 0.29) is 27.4 Å². The third-order valence-corrected chi connectivity index (χ3v) is 2.68. The lowest BCUT2D eigenvalue weighted by atomic mass is 10.2. The fourth-order valence-electron chi connectivity index (χ4n) is 1.04. The maximum Gasteiger partial charge on any atom is 0.339 e. The number of benzene rings is 1. The minimum absolute atomic E-state index is 0.0154. The Morgan fingerprint density at radius 3 is 2.75 bits per heavy atom. The normalized spacial score (nSPS) is 9.94. The van der Waals surface area contributed by atoms with Gasteiger partial charge in [0.2, 0.25) is 0 Å². The molecule has 0 fully saturated rings. The molecular weight excluding hydrogens is 301 g/mol. The largest absolute Gasteiger partial charge is 0.462 e. The number of nitro groups is 1. The Balaban J connectivity index is 3.24. The number of rotatable bonds is 3. The zero-order chi connectivity index (χ0) is 12.3. The molecule has 0 spiro atoms. The van der Waals surface area contributed by atoms with E-state index in [2.05, 4.69) is 15.9 Å². The molecule has 0 radical (unpaired) electrons. The van der Waals surface area contributed by atoms with Crippen molar-refractivity contribution in [3.8, 4) is 0 Å². The van der Waals surface area contributed by atoms with E-state index in [9.17, 15) is 14.9 Å². The van der Waals surface area contributed by atoms with Crippen LogP contribution in [0.4, 0.5) is 5.69 Å². The summed E-state index contributed by atoms with van der Waals surface area (Å²) in [5.41, 5.74) is -0.245. The number of carbonyl (C=O) groups excluding carboxylic acids is 1. The summed E-state index contributed by atoms with van der Waals surface area (Å²) in [7, 11) is 0. The first-order valence-electron chi connectivity index (χ1n) is 4.28. The lowest BCUT2D eigenvalue weighted by Gasteiger charge is -2.04. The second kappa shape index (κ2) is 5.27. The van der Waals surface area contributed by atoms with Crippen molar-refractivity contribution < 1.29 is 14.5 Å². The van der Waals surface area contributed by atoms with Crippen LogP contribution in [0.25, 0.3) is 0 Å². The molecule has 1 aromatic carbocycles. The number of nitro benzene ring substituents is 1. The Morgan fingerprint density at radius 1 is 1.62 bits per heavy atom. The molecule has 0 aliphatic heterocycles. The van der Waals surface area contributed by atoms with Gasteiger partial charge in [0.1, 0.15) is 0 Å². The number of nitrogens with zero attached hydrogens (tertiary/aromatic N) is 1. The van der Waals surface area contributed by atoms with E-state index in [0.717, 1.165) is 6.07 Å². The first kappa shape index (κ1) is 12.9. The average molecular weight is 309 g/mol. The van der Waals surface area contributed by atoms with E-state index in [1.54, 1.807) is 6.92 Å². The van der Waals surface area contributed by atoms with Crippen molar-refractivity contribution in [1.29, 1.82) is 0 Å². The van der Waals surface area contributed by atoms with Crippen LogP contribution in [-0.2, 0) is 4.74 Å². The molecule has 86 valence electrons. The molecule has 0 atom stereocenters. The molecule has 0 aromatic heterocycles. The zero-order valence-corrected chi connectivity index (χ0v) is 10.5. The second-order valence-corrected chi connectivity index (χ2v) is 4.02. The van der Waals surface area contributed by atoms with E-state index in [0.29, 0.717) is 0 Å². The standard InChI is InChI=1S/C9H7BrClNO4/c1-2-16-9(13)5-3-8(12(14)15)6(10)4-7(5)11/h3-4H,2H2,1H3. The summed E-state index contributed by atoms with van der Waals surface area (Å²) in [6.07, 6.45) is 0. The summed E-state index contributed by atoms with van der Waals surface area (Å²) >= 11 is 8.78. The SMILES string of the molecule is CCOC(=O)c1cc([N+](=O)[O-])c(Br)cc1Cl. The number of ether oxygens (including phenoxy) is 1. The quantitative estimate of drug-likeness (QED) is 0.488. The Bertz CT molecular complexity index is 449. The van der Waals surface area contributed by atoms with Gasteiger partial charge in [-0.05, 0) is 28.9 Å². The summed E-state index contributed by atoms with van der Waals surface area (Å²) in [6, 6.07) is 2.39. The molecule has 0 N–H and O–H groups in total. The van der Waals surface area contributed by atoms with Crippen molar-refractivity contribution in [2.75, 3.05) is 6.61 Å². The van der Waals surface area contributed by atoms with Gasteiger partial charge >= 0.3 is 5.97 Å². The Morgan fingerprint density at radius 2 is 2.25 bits per heavy atom. The van der Waals surface area contributed by atoms with Gasteiger partial charge in [0.15, 0.2) is 0 Å². The number of hydrogen-bond donors (Lipinski definition) is 0. The van der Waals surface area contributed by atoms with Crippen LogP contribution in [0.3, 0.4) is 0 Å². The van der Waals surface area contributed by atoms with Crippen LogP contribution in [-0.4, -0.2) is 17.5 Å². The summed E-state index contributed by atoms with van der Waals surface area (Å²) in [5.74, 6) is -0.678.